The molecule has 2 aromatic rings. The molecule has 22 heavy (non-hydrogen) atoms. The minimum absolute atomic E-state index is 0.176. The third kappa shape index (κ3) is 3.94. The van der Waals surface area contributed by atoms with E-state index in [1.165, 1.54) is 5.56 Å². The third-order valence-electron chi connectivity index (χ3n) is 3.51. The van der Waals surface area contributed by atoms with E-state index in [1.807, 2.05) is 38.1 Å². The topological polar surface area (TPSA) is 90.1 Å². The van der Waals surface area contributed by atoms with Crippen molar-refractivity contribution in [1.82, 2.24) is 15.6 Å². The van der Waals surface area contributed by atoms with Gasteiger partial charge in [0, 0.05) is 17.7 Å². The van der Waals surface area contributed by atoms with E-state index >= 15 is 0 Å². The zero-order valence-corrected chi connectivity index (χ0v) is 13.0. The molecule has 1 amide bonds. The number of nitrogens with zero attached hydrogens (tertiary/aromatic N) is 1. The fourth-order valence-corrected chi connectivity index (χ4v) is 2.07. The predicted octanol–water partition coefficient (Wildman–Crippen LogP) is 1.79. The third-order valence-corrected chi connectivity index (χ3v) is 3.51. The Bertz CT molecular complexity index is 738. The Kier molecular flexibility index (Phi) is 4.93. The molecule has 1 heterocycles. The van der Waals surface area contributed by atoms with Crippen molar-refractivity contribution in [3.8, 4) is 0 Å². The second-order valence-corrected chi connectivity index (χ2v) is 5.28. The van der Waals surface area contributed by atoms with Crippen LogP contribution in [0, 0.1) is 13.8 Å². The average molecular weight is 300 g/mol. The van der Waals surface area contributed by atoms with Gasteiger partial charge in [0.1, 0.15) is 0 Å². The van der Waals surface area contributed by atoms with Gasteiger partial charge in [0.15, 0.2) is 0 Å². The maximum atomic E-state index is 11.8. The molecule has 0 saturated carbocycles. The molecule has 0 aliphatic heterocycles. The summed E-state index contributed by atoms with van der Waals surface area (Å²) in [5, 5.41) is 9.33. The van der Waals surface area contributed by atoms with Crippen LogP contribution in [-0.2, 0) is 11.2 Å². The van der Waals surface area contributed by atoms with E-state index < -0.39 is 0 Å². The highest BCUT2D eigenvalue weighted by Gasteiger charge is 2.09. The average Bonchev–Trinajstić information content (AvgIpc) is 2.82. The summed E-state index contributed by atoms with van der Waals surface area (Å²) >= 11 is 0. The number of rotatable bonds is 5. The van der Waals surface area contributed by atoms with Gasteiger partial charge in [0.25, 0.3) is 5.56 Å². The molecule has 2 rings (SSSR count). The fourth-order valence-electron chi connectivity index (χ4n) is 2.07. The largest absolute Gasteiger partial charge is 0.302 e. The molecule has 0 radical (unpaired) electrons. The molecule has 0 aliphatic carbocycles. The Morgan fingerprint density at radius 3 is 2.45 bits per heavy atom. The number of nitrogens with one attached hydrogen (secondary N) is 3. The SMILES string of the molecule is C/C(=N\NC(=O)CCc1c(C)[nH][nH]c1=O)c1ccc(C)cc1. The first-order valence-electron chi connectivity index (χ1n) is 7.13. The first-order chi connectivity index (χ1) is 10.5. The molecule has 0 atom stereocenters. The number of hydrogen-bond donors (Lipinski definition) is 3. The molecular weight excluding hydrogens is 280 g/mol. The van der Waals surface area contributed by atoms with Crippen LogP contribution in [0.5, 0.6) is 0 Å². The number of aromatic amines is 2. The summed E-state index contributed by atoms with van der Waals surface area (Å²) in [6.45, 7) is 5.65. The zero-order chi connectivity index (χ0) is 16.1. The summed E-state index contributed by atoms with van der Waals surface area (Å²) < 4.78 is 0. The summed E-state index contributed by atoms with van der Waals surface area (Å²) in [6.07, 6.45) is 0.599. The Balaban J connectivity index is 1.91. The van der Waals surface area contributed by atoms with Crippen molar-refractivity contribution in [3.63, 3.8) is 0 Å². The molecular formula is C16H20N4O2. The molecule has 0 saturated heterocycles. The molecule has 0 bridgehead atoms. The molecule has 6 nitrogen and oxygen atoms in total. The van der Waals surface area contributed by atoms with Crippen molar-refractivity contribution >= 4 is 11.6 Å². The Morgan fingerprint density at radius 2 is 1.86 bits per heavy atom. The van der Waals surface area contributed by atoms with E-state index in [4.69, 9.17) is 0 Å². The van der Waals surface area contributed by atoms with Crippen LogP contribution in [0.25, 0.3) is 0 Å². The quantitative estimate of drug-likeness (QED) is 0.580. The summed E-state index contributed by atoms with van der Waals surface area (Å²) in [6, 6.07) is 7.92. The smallest absolute Gasteiger partial charge is 0.267 e. The molecule has 3 N–H and O–H groups in total. The lowest BCUT2D eigenvalue weighted by Gasteiger charge is -2.03. The van der Waals surface area contributed by atoms with Crippen LogP contribution in [-0.4, -0.2) is 21.8 Å². The van der Waals surface area contributed by atoms with Gasteiger partial charge in [-0.25, -0.2) is 5.43 Å². The highest BCUT2D eigenvalue weighted by atomic mass is 16.2. The van der Waals surface area contributed by atoms with Crippen molar-refractivity contribution < 1.29 is 4.79 Å². The number of benzene rings is 1. The molecule has 0 fully saturated rings. The highest BCUT2D eigenvalue weighted by Crippen LogP contribution is 2.04. The molecule has 6 heteroatoms. The van der Waals surface area contributed by atoms with Crippen molar-refractivity contribution in [2.45, 2.75) is 33.6 Å². The minimum Gasteiger partial charge on any atom is -0.302 e. The van der Waals surface area contributed by atoms with Crippen molar-refractivity contribution in [2.24, 2.45) is 5.10 Å². The molecule has 0 unspecified atom stereocenters. The monoisotopic (exact) mass is 300 g/mol. The molecule has 0 aliphatic rings. The van der Waals surface area contributed by atoms with Crippen molar-refractivity contribution in [2.75, 3.05) is 0 Å². The number of aromatic nitrogens is 2. The van der Waals surface area contributed by atoms with E-state index in [-0.39, 0.29) is 17.9 Å². The standard InChI is InChI=1S/C16H20N4O2/c1-10-4-6-13(7-5-10)11(2)17-19-15(21)9-8-14-12(3)18-20-16(14)22/h4-7H,8-9H2,1-3H3,(H,19,21)(H2,18,20,22)/b17-11+. The fraction of sp³-hybridized carbons (Fsp3) is 0.312. The van der Waals surface area contributed by atoms with E-state index in [0.717, 1.165) is 17.0 Å². The van der Waals surface area contributed by atoms with Crippen LogP contribution in [0.3, 0.4) is 0 Å². The second-order valence-electron chi connectivity index (χ2n) is 5.28. The summed E-state index contributed by atoms with van der Waals surface area (Å²) in [4.78, 5) is 23.3. The van der Waals surface area contributed by atoms with Gasteiger partial charge in [0.2, 0.25) is 5.91 Å². The first kappa shape index (κ1) is 15.8. The number of hydrazone groups is 1. The number of carbonyl (C=O) groups is 1. The number of H-pyrrole nitrogens is 2. The summed E-state index contributed by atoms with van der Waals surface area (Å²) in [5.41, 5.74) is 6.59. The van der Waals surface area contributed by atoms with Gasteiger partial charge >= 0.3 is 0 Å². The van der Waals surface area contributed by atoms with Crippen LogP contribution in [0.1, 0.15) is 35.7 Å². The number of aryl methyl sites for hydroxylation is 2. The van der Waals surface area contributed by atoms with Gasteiger partial charge in [-0.3, -0.25) is 14.7 Å². The minimum atomic E-state index is -0.216. The second kappa shape index (κ2) is 6.89. The number of carbonyl (C=O) groups excluding carboxylic acids is 1. The van der Waals surface area contributed by atoms with Gasteiger partial charge < -0.3 is 5.10 Å². The van der Waals surface area contributed by atoms with Gasteiger partial charge in [-0.1, -0.05) is 29.8 Å². The lowest BCUT2D eigenvalue weighted by Crippen LogP contribution is -2.20. The zero-order valence-electron chi connectivity index (χ0n) is 13.0. The van der Waals surface area contributed by atoms with Crippen molar-refractivity contribution in [3.05, 3.63) is 57.0 Å². The van der Waals surface area contributed by atoms with Gasteiger partial charge in [-0.05, 0) is 32.8 Å². The number of amides is 1. The molecule has 1 aromatic carbocycles. The van der Waals surface area contributed by atoms with Crippen molar-refractivity contribution in [1.29, 1.82) is 0 Å². The maximum Gasteiger partial charge on any atom is 0.267 e. The summed E-state index contributed by atoms with van der Waals surface area (Å²) in [5.74, 6) is -0.216. The van der Waals surface area contributed by atoms with Gasteiger partial charge in [0.05, 0.1) is 5.71 Å². The van der Waals surface area contributed by atoms with Crippen LogP contribution < -0.4 is 11.0 Å². The van der Waals surface area contributed by atoms with E-state index in [2.05, 4.69) is 20.7 Å². The van der Waals surface area contributed by atoms with Gasteiger partial charge in [-0.2, -0.15) is 5.10 Å². The Morgan fingerprint density at radius 1 is 1.18 bits per heavy atom. The number of hydrogen-bond acceptors (Lipinski definition) is 3. The maximum absolute atomic E-state index is 11.8. The molecule has 0 spiro atoms. The first-order valence-corrected chi connectivity index (χ1v) is 7.13. The van der Waals surface area contributed by atoms with Crippen LogP contribution in [0.15, 0.2) is 34.2 Å². The molecule has 1 aromatic heterocycles. The highest BCUT2D eigenvalue weighted by molar-refractivity contribution is 5.99. The lowest BCUT2D eigenvalue weighted by atomic mass is 10.1. The van der Waals surface area contributed by atoms with E-state index in [9.17, 15) is 9.59 Å². The normalized spacial score (nSPS) is 11.5. The Labute approximate surface area is 128 Å². The lowest BCUT2D eigenvalue weighted by molar-refractivity contribution is -0.121. The van der Waals surface area contributed by atoms with E-state index in [0.29, 0.717) is 12.0 Å². The van der Waals surface area contributed by atoms with Gasteiger partial charge in [-0.15, -0.1) is 0 Å². The van der Waals surface area contributed by atoms with Crippen LogP contribution in [0.2, 0.25) is 0 Å². The summed E-state index contributed by atoms with van der Waals surface area (Å²) in [7, 11) is 0. The van der Waals surface area contributed by atoms with Crippen LogP contribution in [0.4, 0.5) is 0 Å². The Hall–Kier alpha value is -2.63. The van der Waals surface area contributed by atoms with Crippen LogP contribution >= 0.6 is 0 Å². The predicted molar refractivity (Wildman–Crippen MR) is 86.0 cm³/mol. The molecule has 116 valence electrons. The van der Waals surface area contributed by atoms with E-state index in [1.54, 1.807) is 6.92 Å².